The molecule has 0 fully saturated rings. The van der Waals surface area contributed by atoms with Crippen LogP contribution in [0, 0.1) is 0 Å². The van der Waals surface area contributed by atoms with Gasteiger partial charge >= 0.3 is 0 Å². The summed E-state index contributed by atoms with van der Waals surface area (Å²) in [6.07, 6.45) is 2.52. The molecule has 0 aliphatic heterocycles. The predicted molar refractivity (Wildman–Crippen MR) is 79.5 cm³/mol. The first-order chi connectivity index (χ1) is 9.26. The van der Waals surface area contributed by atoms with Gasteiger partial charge in [0.05, 0.1) is 23.9 Å². The number of hydrogen-bond acceptors (Lipinski definition) is 3. The molecule has 1 atom stereocenters. The van der Waals surface area contributed by atoms with Crippen LogP contribution in [-0.2, 0) is 6.42 Å². The Bertz CT molecular complexity index is 524. The third-order valence-corrected chi connectivity index (χ3v) is 3.68. The van der Waals surface area contributed by atoms with Crippen molar-refractivity contribution in [1.29, 1.82) is 0 Å². The highest BCUT2D eigenvalue weighted by Crippen LogP contribution is 2.29. The number of likely N-dealkylation sites (N-methyl/N-ethyl adjacent to an activating group) is 1. The molecule has 1 aromatic carbocycles. The van der Waals surface area contributed by atoms with E-state index in [9.17, 15) is 0 Å². The molecule has 1 aromatic heterocycles. The molecular weight excluding hydrogens is 306 g/mol. The van der Waals surface area contributed by atoms with E-state index in [1.165, 1.54) is 5.56 Å². The number of hydrogen-bond donors (Lipinski definition) is 1. The minimum atomic E-state index is 0.130. The van der Waals surface area contributed by atoms with Crippen molar-refractivity contribution in [3.05, 3.63) is 52.4 Å². The van der Waals surface area contributed by atoms with Crippen LogP contribution >= 0.6 is 15.9 Å². The average Bonchev–Trinajstić information content (AvgIpc) is 2.85. The number of methoxy groups -OCH3 is 1. The normalized spacial score (nSPS) is 12.4. The van der Waals surface area contributed by atoms with Crippen molar-refractivity contribution >= 4 is 15.9 Å². The van der Waals surface area contributed by atoms with Crippen molar-refractivity contribution in [2.45, 2.75) is 19.4 Å². The van der Waals surface area contributed by atoms with Gasteiger partial charge in [0.2, 0.25) is 0 Å². The van der Waals surface area contributed by atoms with Crippen LogP contribution in [0.25, 0.3) is 0 Å². The van der Waals surface area contributed by atoms with Gasteiger partial charge in [-0.15, -0.1) is 0 Å². The molecule has 0 saturated carbocycles. The van der Waals surface area contributed by atoms with Crippen molar-refractivity contribution in [2.75, 3.05) is 13.7 Å². The standard InChI is InChI=1S/C15H18BrNO2/c1-3-17-13(15-12(16)8-9-19-15)10-11-6-4-5-7-14(11)18-2/h4-9,13,17H,3,10H2,1-2H3. The molecule has 3 nitrogen and oxygen atoms in total. The van der Waals surface area contributed by atoms with Gasteiger partial charge < -0.3 is 14.5 Å². The summed E-state index contributed by atoms with van der Waals surface area (Å²) >= 11 is 3.52. The van der Waals surface area contributed by atoms with Gasteiger partial charge in [0.15, 0.2) is 0 Å². The van der Waals surface area contributed by atoms with Gasteiger partial charge in [0.1, 0.15) is 11.5 Å². The zero-order chi connectivity index (χ0) is 13.7. The lowest BCUT2D eigenvalue weighted by atomic mass is 10.0. The molecule has 0 saturated heterocycles. The van der Waals surface area contributed by atoms with Crippen LogP contribution in [0.4, 0.5) is 0 Å². The topological polar surface area (TPSA) is 34.4 Å². The van der Waals surface area contributed by atoms with Crippen molar-refractivity contribution < 1.29 is 9.15 Å². The molecular formula is C15H18BrNO2. The molecule has 2 rings (SSSR count). The Kier molecular flexibility index (Phi) is 5.05. The number of rotatable bonds is 6. The van der Waals surface area contributed by atoms with E-state index in [0.717, 1.165) is 28.9 Å². The van der Waals surface area contributed by atoms with Gasteiger partial charge in [-0.25, -0.2) is 0 Å². The summed E-state index contributed by atoms with van der Waals surface area (Å²) in [5.41, 5.74) is 1.17. The largest absolute Gasteiger partial charge is 0.496 e. The fourth-order valence-corrected chi connectivity index (χ4v) is 2.63. The number of halogens is 1. The smallest absolute Gasteiger partial charge is 0.135 e. The summed E-state index contributed by atoms with van der Waals surface area (Å²) in [5.74, 6) is 1.83. The SMILES string of the molecule is CCNC(Cc1ccccc1OC)c1occc1Br. The molecule has 2 aromatic rings. The Hall–Kier alpha value is -1.26. The highest BCUT2D eigenvalue weighted by atomic mass is 79.9. The van der Waals surface area contributed by atoms with E-state index in [1.807, 2.05) is 24.3 Å². The second-order valence-electron chi connectivity index (χ2n) is 4.26. The maximum atomic E-state index is 5.57. The summed E-state index contributed by atoms with van der Waals surface area (Å²) in [7, 11) is 1.70. The molecule has 0 spiro atoms. The number of furan rings is 1. The van der Waals surface area contributed by atoms with Gasteiger partial charge in [-0.3, -0.25) is 0 Å². The molecule has 19 heavy (non-hydrogen) atoms. The van der Waals surface area contributed by atoms with E-state index >= 15 is 0 Å². The zero-order valence-electron chi connectivity index (χ0n) is 11.2. The molecule has 1 N–H and O–H groups in total. The third-order valence-electron chi connectivity index (χ3n) is 3.03. The average molecular weight is 324 g/mol. The highest BCUT2D eigenvalue weighted by molar-refractivity contribution is 9.10. The molecule has 1 heterocycles. The first-order valence-electron chi connectivity index (χ1n) is 6.34. The molecule has 0 bridgehead atoms. The lowest BCUT2D eigenvalue weighted by Gasteiger charge is -2.18. The Morgan fingerprint density at radius 2 is 2.11 bits per heavy atom. The maximum absolute atomic E-state index is 5.57. The van der Waals surface area contributed by atoms with Gasteiger partial charge in [-0.05, 0) is 46.6 Å². The summed E-state index contributed by atoms with van der Waals surface area (Å²) in [6, 6.07) is 10.1. The molecule has 0 aliphatic carbocycles. The lowest BCUT2D eigenvalue weighted by molar-refractivity contribution is 0.391. The van der Waals surface area contributed by atoms with E-state index in [4.69, 9.17) is 9.15 Å². The van der Waals surface area contributed by atoms with Crippen molar-refractivity contribution in [2.24, 2.45) is 0 Å². The minimum Gasteiger partial charge on any atom is -0.496 e. The van der Waals surface area contributed by atoms with E-state index < -0.39 is 0 Å². The van der Waals surface area contributed by atoms with Crippen LogP contribution in [0.1, 0.15) is 24.3 Å². The Labute approximate surface area is 122 Å². The van der Waals surface area contributed by atoms with Gasteiger partial charge in [-0.2, -0.15) is 0 Å². The first kappa shape index (κ1) is 14.2. The fraction of sp³-hybridized carbons (Fsp3) is 0.333. The van der Waals surface area contributed by atoms with E-state index in [0.29, 0.717) is 0 Å². The minimum absolute atomic E-state index is 0.130. The molecule has 0 amide bonds. The summed E-state index contributed by atoms with van der Waals surface area (Å²) < 4.78 is 12.0. The van der Waals surface area contributed by atoms with Crippen LogP contribution in [0.3, 0.4) is 0 Å². The monoisotopic (exact) mass is 323 g/mol. The summed E-state index contributed by atoms with van der Waals surface area (Å²) in [4.78, 5) is 0. The van der Waals surface area contributed by atoms with Crippen molar-refractivity contribution in [1.82, 2.24) is 5.32 Å². The summed E-state index contributed by atoms with van der Waals surface area (Å²) in [5, 5.41) is 3.45. The molecule has 0 aliphatic rings. The quantitative estimate of drug-likeness (QED) is 0.874. The van der Waals surface area contributed by atoms with Crippen molar-refractivity contribution in [3.8, 4) is 5.75 Å². The van der Waals surface area contributed by atoms with Gasteiger partial charge in [0.25, 0.3) is 0 Å². The van der Waals surface area contributed by atoms with E-state index in [-0.39, 0.29) is 6.04 Å². The number of benzene rings is 1. The summed E-state index contributed by atoms with van der Waals surface area (Å²) in [6.45, 7) is 2.97. The Balaban J connectivity index is 2.24. The van der Waals surface area contributed by atoms with Crippen LogP contribution in [0.15, 0.2) is 45.5 Å². The lowest BCUT2D eigenvalue weighted by Crippen LogP contribution is -2.23. The Morgan fingerprint density at radius 1 is 1.32 bits per heavy atom. The maximum Gasteiger partial charge on any atom is 0.135 e. The highest BCUT2D eigenvalue weighted by Gasteiger charge is 2.19. The van der Waals surface area contributed by atoms with Crippen LogP contribution < -0.4 is 10.1 Å². The number of para-hydroxylation sites is 1. The fourth-order valence-electron chi connectivity index (χ4n) is 2.15. The molecule has 0 radical (unpaired) electrons. The van der Waals surface area contributed by atoms with Gasteiger partial charge in [-0.1, -0.05) is 25.1 Å². The Morgan fingerprint density at radius 3 is 2.74 bits per heavy atom. The van der Waals surface area contributed by atoms with Crippen LogP contribution in [-0.4, -0.2) is 13.7 Å². The second kappa shape index (κ2) is 6.78. The number of nitrogens with one attached hydrogen (secondary N) is 1. The predicted octanol–water partition coefficient (Wildman–Crippen LogP) is 3.94. The first-order valence-corrected chi connectivity index (χ1v) is 7.13. The van der Waals surface area contributed by atoms with Crippen LogP contribution in [0.2, 0.25) is 0 Å². The van der Waals surface area contributed by atoms with E-state index in [1.54, 1.807) is 13.4 Å². The third kappa shape index (κ3) is 3.39. The number of ether oxygens (including phenoxy) is 1. The van der Waals surface area contributed by atoms with Gasteiger partial charge in [0, 0.05) is 0 Å². The zero-order valence-corrected chi connectivity index (χ0v) is 12.7. The van der Waals surface area contributed by atoms with E-state index in [2.05, 4.69) is 34.2 Å². The molecule has 102 valence electrons. The molecule has 1 unspecified atom stereocenters. The van der Waals surface area contributed by atoms with Crippen LogP contribution in [0.5, 0.6) is 5.75 Å². The second-order valence-corrected chi connectivity index (χ2v) is 5.11. The van der Waals surface area contributed by atoms with Crippen molar-refractivity contribution in [3.63, 3.8) is 0 Å². The molecule has 4 heteroatoms.